The highest BCUT2D eigenvalue weighted by atomic mass is 79.9. The summed E-state index contributed by atoms with van der Waals surface area (Å²) in [5.41, 5.74) is 0. The minimum atomic E-state index is 0.000000000000000222. The van der Waals surface area contributed by atoms with Crippen LogP contribution >= 0.6 is 15.9 Å². The average molecular weight is 163 g/mol. The molecule has 0 aromatic carbocycles. The second-order valence-corrected chi connectivity index (χ2v) is 1.83. The van der Waals surface area contributed by atoms with Crippen LogP contribution in [0.25, 0.3) is 0 Å². The van der Waals surface area contributed by atoms with Gasteiger partial charge < -0.3 is 10.1 Å². The molecule has 1 aromatic rings. The summed E-state index contributed by atoms with van der Waals surface area (Å²) in [5, 5.41) is 8.57. The Kier molecular flexibility index (Phi) is 1.02. The first kappa shape index (κ1) is 4.64. The van der Waals surface area contributed by atoms with Gasteiger partial charge in [0, 0.05) is 0 Å². The molecule has 0 amide bonds. The first-order valence-electron chi connectivity index (χ1n) is 1.68. The summed E-state index contributed by atoms with van der Waals surface area (Å²) in [7, 11) is 0. The van der Waals surface area contributed by atoms with Crippen LogP contribution in [0, 0.1) is 0 Å². The smallest absolute Gasteiger partial charge is 0.244 e. The van der Waals surface area contributed by atoms with Gasteiger partial charge in [-0.05, 0) is 15.9 Å². The van der Waals surface area contributed by atoms with Crippen LogP contribution in [0.5, 0.6) is 5.88 Å². The third-order valence-corrected chi connectivity index (χ3v) is 1.16. The molecule has 0 aliphatic heterocycles. The highest BCUT2D eigenvalue weighted by Crippen LogP contribution is 2.15. The number of imidazole rings is 1. The summed E-state index contributed by atoms with van der Waals surface area (Å²) >= 11 is 3.00. The van der Waals surface area contributed by atoms with Crippen molar-refractivity contribution >= 4 is 15.9 Å². The van der Waals surface area contributed by atoms with Gasteiger partial charge in [0.05, 0.1) is 6.33 Å². The Balaban J connectivity index is 3.12. The van der Waals surface area contributed by atoms with E-state index in [1.54, 1.807) is 0 Å². The van der Waals surface area contributed by atoms with Crippen LogP contribution in [0.4, 0.5) is 0 Å². The van der Waals surface area contributed by atoms with Crippen LogP contribution in [0.1, 0.15) is 0 Å². The molecule has 0 atom stereocenters. The summed E-state index contributed by atoms with van der Waals surface area (Å²) in [6, 6.07) is 0. The van der Waals surface area contributed by atoms with Gasteiger partial charge in [0.1, 0.15) is 4.60 Å². The van der Waals surface area contributed by atoms with Crippen molar-refractivity contribution in [1.29, 1.82) is 0 Å². The van der Waals surface area contributed by atoms with Gasteiger partial charge >= 0.3 is 0 Å². The van der Waals surface area contributed by atoms with Crippen LogP contribution in [0.3, 0.4) is 0 Å². The zero-order chi connectivity index (χ0) is 5.28. The molecule has 0 fully saturated rings. The van der Waals surface area contributed by atoms with Gasteiger partial charge in [-0.2, -0.15) is 0 Å². The maximum absolute atomic E-state index is 8.57. The van der Waals surface area contributed by atoms with Gasteiger partial charge in [-0.15, -0.1) is 0 Å². The Labute approximate surface area is 48.5 Å². The predicted molar refractivity (Wildman–Crippen MR) is 28.0 cm³/mol. The lowest BCUT2D eigenvalue weighted by molar-refractivity contribution is 0.453. The van der Waals surface area contributed by atoms with Gasteiger partial charge in [-0.25, -0.2) is 4.98 Å². The van der Waals surface area contributed by atoms with E-state index in [0.717, 1.165) is 0 Å². The molecule has 1 aromatic heterocycles. The van der Waals surface area contributed by atoms with Crippen LogP contribution < -0.4 is 0 Å². The Morgan fingerprint density at radius 3 is 2.71 bits per heavy atom. The maximum Gasteiger partial charge on any atom is 0.244 e. The molecule has 4 heteroatoms. The fraction of sp³-hybridized carbons (Fsp3) is 0. The van der Waals surface area contributed by atoms with Crippen molar-refractivity contribution in [1.82, 2.24) is 9.97 Å². The first-order chi connectivity index (χ1) is 3.30. The lowest BCUT2D eigenvalue weighted by atomic mass is 10.9. The molecule has 0 saturated heterocycles. The summed E-state index contributed by atoms with van der Waals surface area (Å²) in [5.74, 6) is 0.000000000000000222. The zero-order valence-electron chi connectivity index (χ0n) is 3.35. The molecule has 0 unspecified atom stereocenters. The molecule has 7 heavy (non-hydrogen) atoms. The normalized spacial score (nSPS) is 9.29. The van der Waals surface area contributed by atoms with Crippen molar-refractivity contribution in [3.8, 4) is 5.88 Å². The molecule has 0 saturated carbocycles. The first-order valence-corrected chi connectivity index (χ1v) is 2.48. The van der Waals surface area contributed by atoms with Crippen molar-refractivity contribution in [3.63, 3.8) is 0 Å². The quantitative estimate of drug-likeness (QED) is 0.596. The lowest BCUT2D eigenvalue weighted by Crippen LogP contribution is -1.57. The van der Waals surface area contributed by atoms with E-state index >= 15 is 0 Å². The van der Waals surface area contributed by atoms with Gasteiger partial charge in [-0.3, -0.25) is 0 Å². The van der Waals surface area contributed by atoms with Gasteiger partial charge in [0.25, 0.3) is 0 Å². The summed E-state index contributed by atoms with van der Waals surface area (Å²) in [6.45, 7) is 0. The average Bonchev–Trinajstić information content (AvgIpc) is 1.91. The molecule has 0 radical (unpaired) electrons. The summed E-state index contributed by atoms with van der Waals surface area (Å²) in [4.78, 5) is 6.09. The van der Waals surface area contributed by atoms with Crippen molar-refractivity contribution < 1.29 is 5.11 Å². The molecule has 1 heterocycles. The minimum absolute atomic E-state index is 0.000000000000000222. The van der Waals surface area contributed by atoms with E-state index in [9.17, 15) is 0 Å². The lowest BCUT2D eigenvalue weighted by Gasteiger charge is -1.76. The summed E-state index contributed by atoms with van der Waals surface area (Å²) in [6.07, 6.45) is 1.40. The van der Waals surface area contributed by atoms with Crippen LogP contribution in [-0.2, 0) is 0 Å². The summed E-state index contributed by atoms with van der Waals surface area (Å²) < 4.78 is 0.521. The molecule has 0 aliphatic rings. The van der Waals surface area contributed by atoms with Gasteiger partial charge in [-0.1, -0.05) is 0 Å². The number of H-pyrrole nitrogens is 1. The van der Waals surface area contributed by atoms with Crippen molar-refractivity contribution in [3.05, 3.63) is 10.9 Å². The number of nitrogens with one attached hydrogen (secondary N) is 1. The largest absolute Gasteiger partial charge is 0.491 e. The van der Waals surface area contributed by atoms with E-state index in [1.807, 2.05) is 0 Å². The Morgan fingerprint density at radius 2 is 2.57 bits per heavy atom. The third-order valence-electron chi connectivity index (χ3n) is 0.574. The highest BCUT2D eigenvalue weighted by molar-refractivity contribution is 9.10. The van der Waals surface area contributed by atoms with Crippen molar-refractivity contribution in [2.45, 2.75) is 0 Å². The Bertz CT molecular complexity index is 145. The van der Waals surface area contributed by atoms with E-state index in [1.165, 1.54) is 6.33 Å². The van der Waals surface area contributed by atoms with E-state index < -0.39 is 0 Å². The monoisotopic (exact) mass is 162 g/mol. The highest BCUT2D eigenvalue weighted by Gasteiger charge is 1.93. The second-order valence-electron chi connectivity index (χ2n) is 1.04. The number of hydrogen-bond donors (Lipinski definition) is 2. The molecule has 0 aliphatic carbocycles. The van der Waals surface area contributed by atoms with Crippen molar-refractivity contribution in [2.24, 2.45) is 0 Å². The molecule has 0 spiro atoms. The number of halogens is 1. The van der Waals surface area contributed by atoms with Gasteiger partial charge in [0.2, 0.25) is 5.88 Å². The molecule has 0 bridgehead atoms. The molecular weight excluding hydrogens is 160 g/mol. The van der Waals surface area contributed by atoms with E-state index in [4.69, 9.17) is 5.11 Å². The number of aromatic amines is 1. The van der Waals surface area contributed by atoms with Crippen LogP contribution in [-0.4, -0.2) is 15.1 Å². The third kappa shape index (κ3) is 0.742. The SMILES string of the molecule is Oc1nc[nH]c1Br. The topological polar surface area (TPSA) is 48.9 Å². The predicted octanol–water partition coefficient (Wildman–Crippen LogP) is 0.878. The molecule has 3 nitrogen and oxygen atoms in total. The number of rotatable bonds is 0. The van der Waals surface area contributed by atoms with E-state index in [0.29, 0.717) is 4.60 Å². The maximum atomic E-state index is 8.57. The van der Waals surface area contributed by atoms with E-state index in [2.05, 4.69) is 25.9 Å². The van der Waals surface area contributed by atoms with Crippen LogP contribution in [0.15, 0.2) is 10.9 Å². The number of nitrogens with zero attached hydrogens (tertiary/aromatic N) is 1. The zero-order valence-corrected chi connectivity index (χ0v) is 4.94. The Hall–Kier alpha value is -0.510. The van der Waals surface area contributed by atoms with Crippen LogP contribution in [0.2, 0.25) is 0 Å². The van der Waals surface area contributed by atoms with E-state index in [-0.39, 0.29) is 5.88 Å². The molecule has 2 N–H and O–H groups in total. The second kappa shape index (κ2) is 1.54. The number of aromatic hydroxyl groups is 1. The molecule has 1 rings (SSSR count). The molecular formula is C3H3BrN2O. The van der Waals surface area contributed by atoms with Crippen molar-refractivity contribution in [2.75, 3.05) is 0 Å². The standard InChI is InChI=1S/C3H3BrN2O/c4-2-3(7)6-1-5-2/h1,7H,(H,5,6). The van der Waals surface area contributed by atoms with Gasteiger partial charge in [0.15, 0.2) is 0 Å². The minimum Gasteiger partial charge on any atom is -0.491 e. The fourth-order valence-corrected chi connectivity index (χ4v) is 0.476. The molecule has 38 valence electrons. The number of aromatic nitrogens is 2. The number of hydrogen-bond acceptors (Lipinski definition) is 2. The Morgan fingerprint density at radius 1 is 1.86 bits per heavy atom. The fourth-order valence-electron chi connectivity index (χ4n) is 0.271.